The Morgan fingerprint density at radius 1 is 1.00 bits per heavy atom. The van der Waals surface area contributed by atoms with Gasteiger partial charge in [-0.3, -0.25) is 4.79 Å². The van der Waals surface area contributed by atoms with Gasteiger partial charge in [-0.25, -0.2) is 4.39 Å². The SMILES string of the molecule is O=C(c1ccc(F)cc1)C(F)(F)F.[Cl][Ti]([Cl])([Cl])[Cl]. The van der Waals surface area contributed by atoms with Gasteiger partial charge in [0.1, 0.15) is 5.82 Å². The topological polar surface area (TPSA) is 17.1 Å². The van der Waals surface area contributed by atoms with Gasteiger partial charge in [0.05, 0.1) is 0 Å². The predicted octanol–water partition coefficient (Wildman–Crippen LogP) is 5.33. The van der Waals surface area contributed by atoms with E-state index in [1.165, 1.54) is 0 Å². The molecule has 0 bridgehead atoms. The second-order valence-electron chi connectivity index (χ2n) is 2.76. The summed E-state index contributed by atoms with van der Waals surface area (Å²) < 4.78 is 47.6. The molecule has 1 aromatic carbocycles. The van der Waals surface area contributed by atoms with Crippen LogP contribution in [0, 0.1) is 5.82 Å². The molecule has 0 aliphatic rings. The molecule has 0 heterocycles. The first-order valence-corrected chi connectivity index (χ1v) is 12.6. The van der Waals surface area contributed by atoms with Gasteiger partial charge in [-0.2, -0.15) is 13.2 Å². The fourth-order valence-corrected chi connectivity index (χ4v) is 0.765. The van der Waals surface area contributed by atoms with Crippen LogP contribution in [0.2, 0.25) is 0 Å². The van der Waals surface area contributed by atoms with Crippen molar-refractivity contribution in [3.05, 3.63) is 35.6 Å². The van der Waals surface area contributed by atoms with E-state index in [1.54, 1.807) is 0 Å². The molecule has 0 amide bonds. The van der Waals surface area contributed by atoms with Crippen molar-refractivity contribution in [2.24, 2.45) is 0 Å². The summed E-state index contributed by atoms with van der Waals surface area (Å²) in [5.74, 6) is -2.65. The maximum atomic E-state index is 12.3. The number of alkyl halides is 3. The molecule has 0 atom stereocenters. The number of carbonyl (C=O) groups is 1. The summed E-state index contributed by atoms with van der Waals surface area (Å²) in [5.41, 5.74) is -0.561. The zero-order valence-corrected chi connectivity index (χ0v) is 12.8. The zero-order chi connectivity index (χ0) is 14.6. The fourth-order valence-electron chi connectivity index (χ4n) is 0.765. The Morgan fingerprint density at radius 2 is 1.33 bits per heavy atom. The van der Waals surface area contributed by atoms with Gasteiger partial charge in [0.2, 0.25) is 0 Å². The molecule has 0 spiro atoms. The fraction of sp³-hybridized carbons (Fsp3) is 0.125. The van der Waals surface area contributed by atoms with E-state index in [0.29, 0.717) is 0 Å². The van der Waals surface area contributed by atoms with Crippen molar-refractivity contribution in [1.29, 1.82) is 0 Å². The molecule has 0 unspecified atom stereocenters. The molecule has 1 nitrogen and oxygen atoms in total. The van der Waals surface area contributed by atoms with E-state index < -0.39 is 35.7 Å². The van der Waals surface area contributed by atoms with Crippen LogP contribution in [-0.2, 0) is 12.3 Å². The summed E-state index contributed by atoms with van der Waals surface area (Å²) in [6.07, 6.45) is -4.90. The summed E-state index contributed by atoms with van der Waals surface area (Å²) >= 11 is -3.11. The molecule has 0 fully saturated rings. The van der Waals surface area contributed by atoms with Crippen LogP contribution in [0.5, 0.6) is 0 Å². The van der Waals surface area contributed by atoms with Crippen LogP contribution >= 0.6 is 37.2 Å². The summed E-state index contributed by atoms with van der Waals surface area (Å²) in [6, 6.07) is 3.20. The van der Waals surface area contributed by atoms with Crippen LogP contribution < -0.4 is 0 Å². The second kappa shape index (κ2) is 7.32. The van der Waals surface area contributed by atoms with E-state index >= 15 is 0 Å². The molecule has 10 heteroatoms. The zero-order valence-electron chi connectivity index (χ0n) is 8.24. The number of ketones is 1. The first-order chi connectivity index (χ1) is 7.91. The monoisotopic (exact) mass is 380 g/mol. The van der Waals surface area contributed by atoms with Crippen molar-refractivity contribution in [1.82, 2.24) is 0 Å². The van der Waals surface area contributed by atoms with Gasteiger partial charge >= 0.3 is 55.7 Å². The molecule has 0 aliphatic carbocycles. The van der Waals surface area contributed by atoms with Crippen molar-refractivity contribution in [3.8, 4) is 0 Å². The first-order valence-electron chi connectivity index (χ1n) is 4.04. The Bertz CT molecular complexity index is 395. The van der Waals surface area contributed by atoms with E-state index in [2.05, 4.69) is 0 Å². The number of Topliss-reactive ketones (excluding diaryl/α,β-unsaturated/α-hetero) is 1. The summed E-state index contributed by atoms with van der Waals surface area (Å²) in [5, 5.41) is 0. The van der Waals surface area contributed by atoms with Crippen molar-refractivity contribution in [2.75, 3.05) is 0 Å². The van der Waals surface area contributed by atoms with E-state index in [4.69, 9.17) is 37.2 Å². The number of hydrogen-bond donors (Lipinski definition) is 0. The standard InChI is InChI=1S/C8H4F4O.4ClH.Ti/c9-6-3-1-5(2-4-6)7(13)8(10,11)12;;;;;/h1-4H;4*1H;/q;;;;;+4/p-4. The average Bonchev–Trinajstić information content (AvgIpc) is 2.14. The van der Waals surface area contributed by atoms with Gasteiger partial charge in [0.25, 0.3) is 5.78 Å². The van der Waals surface area contributed by atoms with Crippen molar-refractivity contribution in [3.63, 3.8) is 0 Å². The minimum atomic E-state index is -4.90. The second-order valence-corrected chi connectivity index (χ2v) is 18.2. The molecule has 0 radical (unpaired) electrons. The number of carbonyl (C=O) groups excluding carboxylic acids is 1. The molecular weight excluding hydrogens is 378 g/mol. The predicted molar refractivity (Wildman–Crippen MR) is 60.2 cm³/mol. The molecule has 1 aromatic rings. The Labute approximate surface area is 119 Å². The maximum absolute atomic E-state index is 12.3. The van der Waals surface area contributed by atoms with Gasteiger partial charge in [0, 0.05) is 5.56 Å². The van der Waals surface area contributed by atoms with Crippen LogP contribution in [0.1, 0.15) is 10.4 Å². The third-order valence-corrected chi connectivity index (χ3v) is 1.36. The Morgan fingerprint density at radius 3 is 1.61 bits per heavy atom. The van der Waals surface area contributed by atoms with Crippen molar-refractivity contribution < 1.29 is 34.7 Å². The quantitative estimate of drug-likeness (QED) is 0.365. The molecule has 102 valence electrons. The van der Waals surface area contributed by atoms with Crippen LogP contribution in [-0.4, -0.2) is 12.0 Å². The van der Waals surface area contributed by atoms with Gasteiger partial charge in [0.15, 0.2) is 0 Å². The van der Waals surface area contributed by atoms with E-state index in [1.807, 2.05) is 0 Å². The van der Waals surface area contributed by atoms with E-state index in [0.717, 1.165) is 24.3 Å². The molecule has 0 saturated carbocycles. The number of hydrogen-bond acceptors (Lipinski definition) is 1. The van der Waals surface area contributed by atoms with Crippen molar-refractivity contribution in [2.45, 2.75) is 6.18 Å². The number of benzene rings is 1. The van der Waals surface area contributed by atoms with Gasteiger partial charge in [-0.1, -0.05) is 0 Å². The number of halogens is 8. The summed E-state index contributed by atoms with van der Waals surface area (Å²) in [4.78, 5) is 10.5. The van der Waals surface area contributed by atoms with Crippen LogP contribution in [0.15, 0.2) is 24.3 Å². The molecule has 18 heavy (non-hydrogen) atoms. The Kier molecular flexibility index (Phi) is 7.51. The molecular formula is C8H4Cl4F4OTi. The molecule has 0 aromatic heterocycles. The molecule has 0 N–H and O–H groups in total. The Hall–Kier alpha value is 0.484. The third kappa shape index (κ3) is 9.42. The van der Waals surface area contributed by atoms with Gasteiger partial charge in [-0.05, 0) is 24.3 Å². The van der Waals surface area contributed by atoms with E-state index in [9.17, 15) is 22.4 Å². The summed E-state index contributed by atoms with van der Waals surface area (Å²) in [7, 11) is 20.1. The molecule has 0 aliphatic heterocycles. The first kappa shape index (κ1) is 18.5. The average molecular weight is 382 g/mol. The normalized spacial score (nSPS) is 11.6. The third-order valence-electron chi connectivity index (χ3n) is 1.36. The van der Waals surface area contributed by atoms with Crippen LogP contribution in [0.4, 0.5) is 17.6 Å². The summed E-state index contributed by atoms with van der Waals surface area (Å²) in [6.45, 7) is 0. The molecule has 1 rings (SSSR count). The minimum absolute atomic E-state index is 0.561. The van der Waals surface area contributed by atoms with Crippen molar-refractivity contribution >= 4 is 43.0 Å². The Balaban J connectivity index is 0.000000494. The van der Waals surface area contributed by atoms with Crippen LogP contribution in [0.3, 0.4) is 0 Å². The van der Waals surface area contributed by atoms with E-state index in [-0.39, 0.29) is 0 Å². The van der Waals surface area contributed by atoms with Gasteiger partial charge in [-0.15, -0.1) is 0 Å². The molecule has 0 saturated heterocycles. The number of rotatable bonds is 1. The van der Waals surface area contributed by atoms with Crippen LogP contribution in [0.25, 0.3) is 0 Å². The van der Waals surface area contributed by atoms with Gasteiger partial charge < -0.3 is 0 Å².